The maximum Gasteiger partial charge on any atom is 0.417 e. The van der Waals surface area contributed by atoms with Crippen LogP contribution in [0, 0.1) is 11.3 Å². The predicted octanol–water partition coefficient (Wildman–Crippen LogP) is 4.20. The SMILES string of the molecule is CC1(C)C(=O)N(c2ccc(C#N)c(C(F)(F)F)c2)C(=S)N1CCCN1CCN(C(=O)c2cccs2)CC1. The Morgan fingerprint density at radius 1 is 1.16 bits per heavy atom. The van der Waals surface area contributed by atoms with Gasteiger partial charge in [-0.1, -0.05) is 6.07 Å². The average Bonchev–Trinajstić information content (AvgIpc) is 3.45. The number of hydrogen-bond acceptors (Lipinski definition) is 6. The zero-order valence-electron chi connectivity index (χ0n) is 20.4. The number of halogens is 3. The van der Waals surface area contributed by atoms with Crippen LogP contribution in [0.3, 0.4) is 0 Å². The molecule has 0 atom stereocenters. The third-order valence-corrected chi connectivity index (χ3v) is 8.02. The van der Waals surface area contributed by atoms with Crippen LogP contribution in [0.5, 0.6) is 0 Å². The highest BCUT2D eigenvalue weighted by Crippen LogP contribution is 2.37. The molecule has 2 aromatic rings. The van der Waals surface area contributed by atoms with Gasteiger partial charge in [-0.05, 0) is 68.7 Å². The van der Waals surface area contributed by atoms with E-state index in [0.717, 1.165) is 41.5 Å². The minimum Gasteiger partial charge on any atom is -0.335 e. The van der Waals surface area contributed by atoms with Crippen LogP contribution in [0.2, 0.25) is 0 Å². The van der Waals surface area contributed by atoms with Gasteiger partial charge in [-0.2, -0.15) is 18.4 Å². The highest BCUT2D eigenvalue weighted by molar-refractivity contribution is 7.80. The molecular weight excluding hydrogens is 523 g/mol. The second kappa shape index (κ2) is 10.4. The molecule has 0 aliphatic carbocycles. The molecule has 0 bridgehead atoms. The molecule has 0 unspecified atom stereocenters. The van der Waals surface area contributed by atoms with Crippen molar-refractivity contribution in [1.82, 2.24) is 14.7 Å². The summed E-state index contributed by atoms with van der Waals surface area (Å²) in [5.41, 5.74) is -2.66. The van der Waals surface area contributed by atoms with E-state index in [2.05, 4.69) is 4.90 Å². The van der Waals surface area contributed by atoms with E-state index in [4.69, 9.17) is 17.5 Å². The molecule has 1 aromatic carbocycles. The highest BCUT2D eigenvalue weighted by atomic mass is 32.1. The largest absolute Gasteiger partial charge is 0.417 e. The van der Waals surface area contributed by atoms with Gasteiger partial charge in [0.1, 0.15) is 5.54 Å². The van der Waals surface area contributed by atoms with Gasteiger partial charge in [-0.3, -0.25) is 19.4 Å². The summed E-state index contributed by atoms with van der Waals surface area (Å²) in [6.45, 7) is 7.33. The van der Waals surface area contributed by atoms with Crippen LogP contribution in [-0.4, -0.2) is 76.4 Å². The number of nitriles is 1. The maximum atomic E-state index is 13.5. The Labute approximate surface area is 222 Å². The Morgan fingerprint density at radius 3 is 2.46 bits per heavy atom. The second-order valence-corrected chi connectivity index (χ2v) is 10.8. The van der Waals surface area contributed by atoms with Crippen LogP contribution in [-0.2, 0) is 11.0 Å². The van der Waals surface area contributed by atoms with E-state index >= 15 is 0 Å². The lowest BCUT2D eigenvalue weighted by molar-refractivity contribution is -0.137. The summed E-state index contributed by atoms with van der Waals surface area (Å²) in [5, 5.41) is 11.1. The fraction of sp³-hybridized carbons (Fsp3) is 0.440. The molecule has 12 heteroatoms. The fourth-order valence-corrected chi connectivity index (χ4v) is 5.82. The van der Waals surface area contributed by atoms with Gasteiger partial charge >= 0.3 is 6.18 Å². The van der Waals surface area contributed by atoms with Gasteiger partial charge in [0, 0.05) is 32.7 Å². The van der Waals surface area contributed by atoms with E-state index in [9.17, 15) is 22.8 Å². The summed E-state index contributed by atoms with van der Waals surface area (Å²) in [7, 11) is 0. The molecule has 196 valence electrons. The molecule has 0 saturated carbocycles. The number of carbonyl (C=O) groups is 2. The molecule has 2 aliphatic rings. The quantitative estimate of drug-likeness (QED) is 0.503. The van der Waals surface area contributed by atoms with Crippen molar-refractivity contribution in [2.24, 2.45) is 0 Å². The number of piperazine rings is 1. The van der Waals surface area contributed by atoms with E-state index in [1.807, 2.05) is 22.4 Å². The third-order valence-electron chi connectivity index (χ3n) is 6.76. The zero-order chi connectivity index (χ0) is 27.0. The summed E-state index contributed by atoms with van der Waals surface area (Å²) < 4.78 is 40.5. The van der Waals surface area contributed by atoms with Crippen molar-refractivity contribution in [3.05, 3.63) is 51.7 Å². The molecule has 3 heterocycles. The number of benzene rings is 1. The standard InChI is InChI=1S/C25H26F3N5O2S2/c1-24(2)22(35)33(18-7-6-17(16-29)19(15-18)25(26,27)28)23(36)32(24)9-4-8-30-10-12-31(13-11-30)21(34)20-5-3-14-37-20/h3,5-7,14-15H,4,8-13H2,1-2H3. The minimum atomic E-state index is -4.74. The van der Waals surface area contributed by atoms with E-state index in [0.29, 0.717) is 26.1 Å². The first-order valence-corrected chi connectivity index (χ1v) is 13.1. The monoisotopic (exact) mass is 549 g/mol. The Morgan fingerprint density at radius 2 is 1.86 bits per heavy atom. The summed E-state index contributed by atoms with van der Waals surface area (Å²) >= 11 is 6.98. The van der Waals surface area contributed by atoms with Gasteiger partial charge in [0.2, 0.25) is 0 Å². The number of carbonyl (C=O) groups excluding carboxylic acids is 2. The summed E-state index contributed by atoms with van der Waals surface area (Å²) in [6, 6.07) is 8.42. The Bertz CT molecular complexity index is 1230. The number of alkyl halides is 3. The summed E-state index contributed by atoms with van der Waals surface area (Å²) in [4.78, 5) is 33.5. The molecule has 2 amide bonds. The number of rotatable bonds is 6. The zero-order valence-corrected chi connectivity index (χ0v) is 22.0. The first-order valence-electron chi connectivity index (χ1n) is 11.8. The first-order chi connectivity index (χ1) is 17.4. The van der Waals surface area contributed by atoms with Crippen LogP contribution in [0.25, 0.3) is 0 Å². The Kier molecular flexibility index (Phi) is 7.60. The molecule has 2 aliphatic heterocycles. The van der Waals surface area contributed by atoms with Crippen molar-refractivity contribution >= 4 is 46.2 Å². The first kappa shape index (κ1) is 27.0. The number of amides is 2. The molecule has 37 heavy (non-hydrogen) atoms. The lowest BCUT2D eigenvalue weighted by Gasteiger charge is -2.35. The van der Waals surface area contributed by atoms with E-state index in [1.165, 1.54) is 17.4 Å². The van der Waals surface area contributed by atoms with E-state index in [1.54, 1.807) is 24.8 Å². The van der Waals surface area contributed by atoms with Crippen LogP contribution in [0.1, 0.15) is 41.1 Å². The minimum absolute atomic E-state index is 0.0107. The van der Waals surface area contributed by atoms with Crippen LogP contribution in [0.15, 0.2) is 35.7 Å². The van der Waals surface area contributed by atoms with Gasteiger partial charge in [0.25, 0.3) is 11.8 Å². The molecule has 1 aromatic heterocycles. The van der Waals surface area contributed by atoms with Crippen molar-refractivity contribution in [2.75, 3.05) is 44.2 Å². The molecule has 2 fully saturated rings. The van der Waals surface area contributed by atoms with Gasteiger partial charge in [-0.25, -0.2) is 0 Å². The lowest BCUT2D eigenvalue weighted by Crippen LogP contribution is -2.49. The highest BCUT2D eigenvalue weighted by Gasteiger charge is 2.49. The normalized spacial score (nSPS) is 18.4. The fourth-order valence-electron chi connectivity index (χ4n) is 4.63. The predicted molar refractivity (Wildman–Crippen MR) is 138 cm³/mol. The van der Waals surface area contributed by atoms with Crippen molar-refractivity contribution in [3.8, 4) is 6.07 Å². The molecule has 0 radical (unpaired) electrons. The number of nitrogens with zero attached hydrogens (tertiary/aromatic N) is 5. The lowest BCUT2D eigenvalue weighted by atomic mass is 10.0. The summed E-state index contributed by atoms with van der Waals surface area (Å²) in [5.74, 6) is -0.370. The average molecular weight is 550 g/mol. The number of thiophene rings is 1. The van der Waals surface area contributed by atoms with E-state index < -0.39 is 28.7 Å². The molecule has 0 spiro atoms. The second-order valence-electron chi connectivity index (χ2n) is 9.44. The van der Waals surface area contributed by atoms with Crippen LogP contribution >= 0.6 is 23.6 Å². The Balaban J connectivity index is 1.38. The van der Waals surface area contributed by atoms with Crippen molar-refractivity contribution in [2.45, 2.75) is 32.0 Å². The smallest absolute Gasteiger partial charge is 0.335 e. The molecule has 7 nitrogen and oxygen atoms in total. The van der Waals surface area contributed by atoms with Crippen molar-refractivity contribution in [3.63, 3.8) is 0 Å². The maximum absolute atomic E-state index is 13.5. The van der Waals surface area contributed by atoms with Gasteiger partial charge < -0.3 is 9.80 Å². The topological polar surface area (TPSA) is 70.9 Å². The third kappa shape index (κ3) is 5.35. The van der Waals surface area contributed by atoms with E-state index in [-0.39, 0.29) is 16.7 Å². The number of thiocarbonyl (C=S) groups is 1. The molecular formula is C25H26F3N5O2S2. The van der Waals surface area contributed by atoms with Gasteiger partial charge in [0.15, 0.2) is 5.11 Å². The Hall–Kier alpha value is -3.01. The van der Waals surface area contributed by atoms with Crippen molar-refractivity contribution in [1.29, 1.82) is 5.26 Å². The van der Waals surface area contributed by atoms with Gasteiger partial charge in [-0.15, -0.1) is 11.3 Å². The number of hydrogen-bond donors (Lipinski definition) is 0. The van der Waals surface area contributed by atoms with Crippen LogP contribution < -0.4 is 4.90 Å². The van der Waals surface area contributed by atoms with Gasteiger partial charge in [0.05, 0.1) is 27.8 Å². The molecule has 2 saturated heterocycles. The molecule has 4 rings (SSSR count). The van der Waals surface area contributed by atoms with Crippen LogP contribution in [0.4, 0.5) is 18.9 Å². The molecule has 0 N–H and O–H groups in total. The van der Waals surface area contributed by atoms with Crippen molar-refractivity contribution < 1.29 is 22.8 Å². The number of anilines is 1. The summed E-state index contributed by atoms with van der Waals surface area (Å²) in [6.07, 6.45) is -4.05.